The van der Waals surface area contributed by atoms with Gasteiger partial charge in [0.1, 0.15) is 0 Å². The van der Waals surface area contributed by atoms with Gasteiger partial charge in [-0.2, -0.15) is 0 Å². The Labute approximate surface area is 122 Å². The third-order valence-corrected chi connectivity index (χ3v) is 1.62. The van der Waals surface area contributed by atoms with Gasteiger partial charge in [-0.3, -0.25) is 0 Å². The van der Waals surface area contributed by atoms with Crippen molar-refractivity contribution < 1.29 is 33.9 Å². The van der Waals surface area contributed by atoms with Gasteiger partial charge < -0.3 is 33.9 Å². The molecule has 2 N–H and O–H groups in total. The summed E-state index contributed by atoms with van der Waals surface area (Å²) in [6, 6.07) is 0. The molecule has 0 spiro atoms. The van der Waals surface area contributed by atoms with Gasteiger partial charge in [-0.15, -0.1) is 0 Å². The van der Waals surface area contributed by atoms with Crippen LogP contribution in [0.15, 0.2) is 0 Å². The monoisotopic (exact) mass is 300 g/mol. The molecular formula is C13H32O7. The predicted molar refractivity (Wildman–Crippen MR) is 77.1 cm³/mol. The Balaban J connectivity index is -0.000000234. The lowest BCUT2D eigenvalue weighted by Gasteiger charge is -2.00. The highest BCUT2D eigenvalue weighted by Gasteiger charge is 1.84. The Bertz CT molecular complexity index is 113. The quantitative estimate of drug-likeness (QED) is 0.517. The van der Waals surface area contributed by atoms with Crippen molar-refractivity contribution >= 4 is 0 Å². The first-order chi connectivity index (χ1) is 9.74. The normalized spacial score (nSPS) is 9.30. The average molecular weight is 300 g/mol. The van der Waals surface area contributed by atoms with Gasteiger partial charge in [0.25, 0.3) is 0 Å². The number of ether oxygens (including phenoxy) is 5. The van der Waals surface area contributed by atoms with E-state index < -0.39 is 0 Å². The van der Waals surface area contributed by atoms with E-state index in [1.807, 2.05) is 6.92 Å². The highest BCUT2D eigenvalue weighted by Crippen LogP contribution is 1.75. The van der Waals surface area contributed by atoms with Crippen LogP contribution in [0.3, 0.4) is 0 Å². The van der Waals surface area contributed by atoms with E-state index in [9.17, 15) is 0 Å². The molecule has 0 unspecified atom stereocenters. The van der Waals surface area contributed by atoms with Crippen molar-refractivity contribution in [1.29, 1.82) is 0 Å². The van der Waals surface area contributed by atoms with Crippen LogP contribution >= 0.6 is 0 Å². The first-order valence-electron chi connectivity index (χ1n) is 6.59. The van der Waals surface area contributed by atoms with E-state index >= 15 is 0 Å². The molecule has 0 aromatic heterocycles. The van der Waals surface area contributed by atoms with E-state index in [0.29, 0.717) is 39.6 Å². The third-order valence-electron chi connectivity index (χ3n) is 1.62. The van der Waals surface area contributed by atoms with Crippen LogP contribution in [0.1, 0.15) is 6.92 Å². The molecule has 0 atom stereocenters. The van der Waals surface area contributed by atoms with Crippen molar-refractivity contribution in [3.05, 3.63) is 0 Å². The molecule has 0 rings (SSSR count). The molecule has 0 aromatic carbocycles. The van der Waals surface area contributed by atoms with Gasteiger partial charge in [0.15, 0.2) is 0 Å². The van der Waals surface area contributed by atoms with Crippen LogP contribution in [0, 0.1) is 0 Å². The van der Waals surface area contributed by atoms with E-state index in [1.165, 1.54) is 0 Å². The maximum atomic E-state index is 8.09. The summed E-state index contributed by atoms with van der Waals surface area (Å²) in [4.78, 5) is 0. The van der Waals surface area contributed by atoms with Crippen LogP contribution < -0.4 is 0 Å². The standard InChI is InChI=1S/C6H14O3.C4H10O3.C3H8O/c1-7-3-5-9-6-4-8-2;5-1-3-7-4-2-6;1-3-4-2/h3-6H2,1-2H3;5-6H,1-4H2;3H2,1-2H3. The minimum atomic E-state index is 0.0278. The van der Waals surface area contributed by atoms with Crippen molar-refractivity contribution in [2.75, 3.05) is 80.8 Å². The fourth-order valence-corrected chi connectivity index (χ4v) is 0.618. The second-order valence-electron chi connectivity index (χ2n) is 3.23. The Morgan fingerprint density at radius 2 is 0.950 bits per heavy atom. The molecule has 7 nitrogen and oxygen atoms in total. The second-order valence-corrected chi connectivity index (χ2v) is 3.23. The Morgan fingerprint density at radius 1 is 0.600 bits per heavy atom. The van der Waals surface area contributed by atoms with E-state index in [0.717, 1.165) is 6.61 Å². The van der Waals surface area contributed by atoms with Gasteiger partial charge >= 0.3 is 0 Å². The van der Waals surface area contributed by atoms with Gasteiger partial charge in [0.05, 0.1) is 52.9 Å². The first-order valence-corrected chi connectivity index (χ1v) is 6.59. The van der Waals surface area contributed by atoms with Gasteiger partial charge in [-0.05, 0) is 6.92 Å². The van der Waals surface area contributed by atoms with Crippen molar-refractivity contribution in [2.45, 2.75) is 6.92 Å². The number of hydrogen-bond donors (Lipinski definition) is 2. The smallest absolute Gasteiger partial charge is 0.0701 e. The molecule has 0 radical (unpaired) electrons. The topological polar surface area (TPSA) is 86.6 Å². The molecule has 126 valence electrons. The van der Waals surface area contributed by atoms with Crippen LogP contribution in [-0.4, -0.2) is 91.0 Å². The number of aliphatic hydroxyl groups excluding tert-OH is 2. The van der Waals surface area contributed by atoms with Crippen LogP contribution in [0.25, 0.3) is 0 Å². The summed E-state index contributed by atoms with van der Waals surface area (Å²) in [6.07, 6.45) is 0. The molecule has 0 saturated heterocycles. The summed E-state index contributed by atoms with van der Waals surface area (Å²) in [7, 11) is 4.99. The zero-order valence-corrected chi connectivity index (χ0v) is 13.3. The maximum absolute atomic E-state index is 8.09. The van der Waals surface area contributed by atoms with Gasteiger partial charge in [0.2, 0.25) is 0 Å². The second kappa shape index (κ2) is 31.2. The highest BCUT2D eigenvalue weighted by molar-refractivity contribution is 4.28. The van der Waals surface area contributed by atoms with Crippen molar-refractivity contribution in [2.24, 2.45) is 0 Å². The molecule has 0 heterocycles. The Kier molecular flexibility index (Phi) is 38.6. The molecule has 0 aliphatic heterocycles. The fourth-order valence-electron chi connectivity index (χ4n) is 0.618. The molecular weight excluding hydrogens is 268 g/mol. The maximum Gasteiger partial charge on any atom is 0.0701 e. The summed E-state index contributed by atoms with van der Waals surface area (Å²) in [5.74, 6) is 0. The largest absolute Gasteiger partial charge is 0.394 e. The van der Waals surface area contributed by atoms with Gasteiger partial charge in [-0.25, -0.2) is 0 Å². The zero-order valence-electron chi connectivity index (χ0n) is 13.3. The Hall–Kier alpha value is -0.280. The summed E-state index contributed by atoms with van der Waals surface area (Å²) in [6.45, 7) is 6.09. The summed E-state index contributed by atoms with van der Waals surface area (Å²) in [5.41, 5.74) is 0. The number of aliphatic hydroxyl groups is 2. The zero-order chi connectivity index (χ0) is 15.9. The summed E-state index contributed by atoms with van der Waals surface area (Å²) >= 11 is 0. The lowest BCUT2D eigenvalue weighted by atomic mass is 10.7. The highest BCUT2D eigenvalue weighted by atomic mass is 16.5. The number of hydrogen-bond acceptors (Lipinski definition) is 7. The SMILES string of the molecule is CCOC.COCCOCCOC.OCCOCCO. The summed E-state index contributed by atoms with van der Waals surface area (Å²) < 4.78 is 23.8. The Morgan fingerprint density at radius 3 is 1.20 bits per heavy atom. The van der Waals surface area contributed by atoms with Crippen molar-refractivity contribution in [1.82, 2.24) is 0 Å². The van der Waals surface area contributed by atoms with Crippen molar-refractivity contribution in [3.63, 3.8) is 0 Å². The molecule has 0 saturated carbocycles. The van der Waals surface area contributed by atoms with Crippen LogP contribution in [0.4, 0.5) is 0 Å². The molecule has 20 heavy (non-hydrogen) atoms. The lowest BCUT2D eigenvalue weighted by molar-refractivity contribution is 0.0385. The summed E-state index contributed by atoms with van der Waals surface area (Å²) in [5, 5.41) is 16.2. The van der Waals surface area contributed by atoms with Crippen molar-refractivity contribution in [3.8, 4) is 0 Å². The van der Waals surface area contributed by atoms with Crippen LogP contribution in [0.2, 0.25) is 0 Å². The molecule has 0 bridgehead atoms. The molecule has 0 aliphatic rings. The number of rotatable bonds is 11. The molecule has 7 heteroatoms. The van der Waals surface area contributed by atoms with E-state index in [1.54, 1.807) is 21.3 Å². The number of methoxy groups -OCH3 is 3. The lowest BCUT2D eigenvalue weighted by Crippen LogP contribution is -2.06. The van der Waals surface area contributed by atoms with E-state index in [2.05, 4.69) is 9.47 Å². The van der Waals surface area contributed by atoms with Crippen LogP contribution in [0.5, 0.6) is 0 Å². The first kappa shape index (κ1) is 24.7. The van der Waals surface area contributed by atoms with E-state index in [-0.39, 0.29) is 13.2 Å². The minimum absolute atomic E-state index is 0.0278. The van der Waals surface area contributed by atoms with Gasteiger partial charge in [0, 0.05) is 27.9 Å². The molecule has 0 fully saturated rings. The van der Waals surface area contributed by atoms with Gasteiger partial charge in [-0.1, -0.05) is 0 Å². The van der Waals surface area contributed by atoms with Crippen LogP contribution in [-0.2, 0) is 23.7 Å². The third kappa shape index (κ3) is 43.1. The predicted octanol–water partition coefficient (Wildman–Crippen LogP) is -0.0639. The van der Waals surface area contributed by atoms with E-state index in [4.69, 9.17) is 24.4 Å². The molecule has 0 aliphatic carbocycles. The average Bonchev–Trinajstić information content (AvgIpc) is 2.49. The minimum Gasteiger partial charge on any atom is -0.394 e. The molecule has 0 amide bonds. The fraction of sp³-hybridized carbons (Fsp3) is 1.00. The molecule has 0 aromatic rings.